The Labute approximate surface area is 114 Å². The smallest absolute Gasteiger partial charge is 0.222 e. The van der Waals surface area contributed by atoms with Gasteiger partial charge in [-0.15, -0.1) is 0 Å². The number of rotatable bonds is 5. The average Bonchev–Trinajstić information content (AvgIpc) is 2.48. The van der Waals surface area contributed by atoms with Crippen LogP contribution in [0.4, 0.5) is 0 Å². The van der Waals surface area contributed by atoms with Crippen molar-refractivity contribution in [3.63, 3.8) is 0 Å². The molecule has 0 saturated carbocycles. The van der Waals surface area contributed by atoms with Gasteiger partial charge in [0.1, 0.15) is 12.4 Å². The van der Waals surface area contributed by atoms with Crippen LogP contribution < -0.4 is 10.1 Å². The fourth-order valence-electron chi connectivity index (χ4n) is 2.43. The minimum absolute atomic E-state index is 0.181. The van der Waals surface area contributed by atoms with Gasteiger partial charge in [0.15, 0.2) is 0 Å². The van der Waals surface area contributed by atoms with Gasteiger partial charge in [0, 0.05) is 19.5 Å². The number of amides is 1. The number of nitrogens with zero attached hydrogens (tertiary/aromatic N) is 1. The lowest BCUT2D eigenvalue weighted by molar-refractivity contribution is -0.125. The molecule has 0 aromatic heterocycles. The predicted molar refractivity (Wildman–Crippen MR) is 75.2 cm³/mol. The van der Waals surface area contributed by atoms with Crippen LogP contribution in [0.5, 0.6) is 5.75 Å². The zero-order chi connectivity index (χ0) is 13.5. The Balaban J connectivity index is 1.65. The zero-order valence-corrected chi connectivity index (χ0v) is 11.5. The number of ether oxygens (including phenoxy) is 1. The Morgan fingerprint density at radius 3 is 2.63 bits per heavy atom. The van der Waals surface area contributed by atoms with Crippen molar-refractivity contribution < 1.29 is 9.53 Å². The Hall–Kier alpha value is -1.55. The van der Waals surface area contributed by atoms with Crippen LogP contribution in [0, 0.1) is 5.92 Å². The van der Waals surface area contributed by atoms with Gasteiger partial charge in [-0.1, -0.05) is 18.2 Å². The van der Waals surface area contributed by atoms with Gasteiger partial charge in [-0.25, -0.2) is 0 Å². The van der Waals surface area contributed by atoms with E-state index in [-0.39, 0.29) is 11.8 Å². The fourth-order valence-corrected chi connectivity index (χ4v) is 2.43. The van der Waals surface area contributed by atoms with E-state index in [0.717, 1.165) is 38.2 Å². The summed E-state index contributed by atoms with van der Waals surface area (Å²) in [7, 11) is 1.71. The van der Waals surface area contributed by atoms with Gasteiger partial charge < -0.3 is 10.1 Å². The van der Waals surface area contributed by atoms with Crippen LogP contribution in [-0.2, 0) is 4.79 Å². The second-order valence-electron chi connectivity index (χ2n) is 4.89. The van der Waals surface area contributed by atoms with Crippen molar-refractivity contribution in [1.82, 2.24) is 10.2 Å². The highest BCUT2D eigenvalue weighted by molar-refractivity contribution is 5.78. The van der Waals surface area contributed by atoms with Crippen LogP contribution in [0.3, 0.4) is 0 Å². The van der Waals surface area contributed by atoms with E-state index in [1.165, 1.54) is 0 Å². The predicted octanol–water partition coefficient (Wildman–Crippen LogP) is 1.52. The molecule has 1 N–H and O–H groups in total. The number of nitrogens with one attached hydrogen (secondary N) is 1. The third-order valence-corrected chi connectivity index (χ3v) is 3.62. The Morgan fingerprint density at radius 1 is 1.32 bits per heavy atom. The van der Waals surface area contributed by atoms with Gasteiger partial charge in [-0.3, -0.25) is 9.69 Å². The minimum atomic E-state index is 0.181. The van der Waals surface area contributed by atoms with Gasteiger partial charge in [0.2, 0.25) is 5.91 Å². The molecular formula is C15H22N2O2. The molecule has 0 unspecified atom stereocenters. The van der Waals surface area contributed by atoms with Crippen molar-refractivity contribution in [3.8, 4) is 5.75 Å². The van der Waals surface area contributed by atoms with E-state index in [1.807, 2.05) is 30.3 Å². The van der Waals surface area contributed by atoms with E-state index in [2.05, 4.69) is 10.2 Å². The second-order valence-corrected chi connectivity index (χ2v) is 4.89. The number of carbonyl (C=O) groups is 1. The molecule has 2 rings (SSSR count). The SMILES string of the molecule is CNC(=O)C1CCN(CCOc2ccccc2)CC1. The number of likely N-dealkylation sites (tertiary alicyclic amines) is 1. The van der Waals surface area contributed by atoms with Crippen LogP contribution in [0.2, 0.25) is 0 Å². The number of piperidine rings is 1. The third-order valence-electron chi connectivity index (χ3n) is 3.62. The standard InChI is InChI=1S/C15H22N2O2/c1-16-15(18)13-7-9-17(10-8-13)11-12-19-14-5-3-2-4-6-14/h2-6,13H,7-12H2,1H3,(H,16,18). The topological polar surface area (TPSA) is 41.6 Å². The monoisotopic (exact) mass is 262 g/mol. The van der Waals surface area contributed by atoms with Gasteiger partial charge in [-0.2, -0.15) is 0 Å². The van der Waals surface area contributed by atoms with Gasteiger partial charge in [0.05, 0.1) is 0 Å². The number of para-hydroxylation sites is 1. The van der Waals surface area contributed by atoms with E-state index < -0.39 is 0 Å². The van der Waals surface area contributed by atoms with Crippen molar-refractivity contribution in [2.45, 2.75) is 12.8 Å². The third kappa shape index (κ3) is 4.24. The Bertz CT molecular complexity index is 386. The molecule has 0 aliphatic carbocycles. The molecule has 1 aromatic rings. The van der Waals surface area contributed by atoms with Crippen molar-refractivity contribution in [1.29, 1.82) is 0 Å². The molecule has 1 heterocycles. The van der Waals surface area contributed by atoms with Crippen molar-refractivity contribution in [3.05, 3.63) is 30.3 Å². The number of carbonyl (C=O) groups excluding carboxylic acids is 1. The highest BCUT2D eigenvalue weighted by Gasteiger charge is 2.23. The van der Waals surface area contributed by atoms with Crippen LogP contribution in [-0.4, -0.2) is 44.1 Å². The lowest BCUT2D eigenvalue weighted by Gasteiger charge is -2.30. The summed E-state index contributed by atoms with van der Waals surface area (Å²) in [6, 6.07) is 9.88. The lowest BCUT2D eigenvalue weighted by Crippen LogP contribution is -2.41. The summed E-state index contributed by atoms with van der Waals surface area (Å²) in [4.78, 5) is 13.9. The normalized spacial score (nSPS) is 17.1. The molecule has 0 bridgehead atoms. The minimum Gasteiger partial charge on any atom is -0.492 e. The molecule has 1 saturated heterocycles. The lowest BCUT2D eigenvalue weighted by atomic mass is 9.96. The summed E-state index contributed by atoms with van der Waals surface area (Å²) < 4.78 is 5.68. The summed E-state index contributed by atoms with van der Waals surface area (Å²) in [5, 5.41) is 2.73. The molecule has 104 valence electrons. The van der Waals surface area contributed by atoms with Crippen LogP contribution in [0.1, 0.15) is 12.8 Å². The number of hydrogen-bond donors (Lipinski definition) is 1. The highest BCUT2D eigenvalue weighted by Crippen LogP contribution is 2.17. The van der Waals surface area contributed by atoms with Crippen molar-refractivity contribution >= 4 is 5.91 Å². The summed E-state index contributed by atoms with van der Waals surface area (Å²) >= 11 is 0. The first-order valence-electron chi connectivity index (χ1n) is 6.91. The maximum absolute atomic E-state index is 11.5. The molecule has 1 aliphatic rings. The van der Waals surface area contributed by atoms with Gasteiger partial charge in [0.25, 0.3) is 0 Å². The first kappa shape index (κ1) is 13.9. The summed E-state index contributed by atoms with van der Waals surface area (Å²) in [6.07, 6.45) is 1.90. The largest absolute Gasteiger partial charge is 0.492 e. The maximum Gasteiger partial charge on any atom is 0.222 e. The molecule has 0 atom stereocenters. The second kappa shape index (κ2) is 7.14. The molecule has 4 heteroatoms. The Morgan fingerprint density at radius 2 is 2.00 bits per heavy atom. The molecule has 0 spiro atoms. The molecule has 19 heavy (non-hydrogen) atoms. The molecule has 1 aromatic carbocycles. The maximum atomic E-state index is 11.5. The quantitative estimate of drug-likeness (QED) is 0.875. The summed E-state index contributed by atoms with van der Waals surface area (Å²) in [6.45, 7) is 3.59. The molecule has 0 radical (unpaired) electrons. The van der Waals surface area contributed by atoms with E-state index in [1.54, 1.807) is 7.05 Å². The summed E-state index contributed by atoms with van der Waals surface area (Å²) in [5.74, 6) is 1.29. The van der Waals surface area contributed by atoms with E-state index in [0.29, 0.717) is 6.61 Å². The summed E-state index contributed by atoms with van der Waals surface area (Å²) in [5.41, 5.74) is 0. The van der Waals surface area contributed by atoms with Crippen LogP contribution in [0.15, 0.2) is 30.3 Å². The molecular weight excluding hydrogens is 240 g/mol. The first-order chi connectivity index (χ1) is 9.29. The molecule has 1 fully saturated rings. The van der Waals surface area contributed by atoms with Crippen molar-refractivity contribution in [2.24, 2.45) is 5.92 Å². The average molecular weight is 262 g/mol. The van der Waals surface area contributed by atoms with E-state index in [4.69, 9.17) is 4.74 Å². The zero-order valence-electron chi connectivity index (χ0n) is 11.5. The number of hydrogen-bond acceptors (Lipinski definition) is 3. The Kier molecular flexibility index (Phi) is 5.21. The number of benzene rings is 1. The van der Waals surface area contributed by atoms with Gasteiger partial charge in [-0.05, 0) is 38.1 Å². The highest BCUT2D eigenvalue weighted by atomic mass is 16.5. The first-order valence-corrected chi connectivity index (χ1v) is 6.91. The van der Waals surface area contributed by atoms with Crippen LogP contribution >= 0.6 is 0 Å². The van der Waals surface area contributed by atoms with E-state index >= 15 is 0 Å². The molecule has 4 nitrogen and oxygen atoms in total. The van der Waals surface area contributed by atoms with Crippen molar-refractivity contribution in [2.75, 3.05) is 33.3 Å². The van der Waals surface area contributed by atoms with E-state index in [9.17, 15) is 4.79 Å². The molecule has 1 aliphatic heterocycles. The van der Waals surface area contributed by atoms with Crippen LogP contribution in [0.25, 0.3) is 0 Å². The van der Waals surface area contributed by atoms with Gasteiger partial charge >= 0.3 is 0 Å². The fraction of sp³-hybridized carbons (Fsp3) is 0.533. The molecule has 1 amide bonds.